The molecule has 0 bridgehead atoms. The Kier molecular flexibility index (Phi) is 3.14. The van der Waals surface area contributed by atoms with Crippen molar-refractivity contribution in [1.82, 2.24) is 15.2 Å². The average molecular weight is 287 g/mol. The summed E-state index contributed by atoms with van der Waals surface area (Å²) in [4.78, 5) is 5.22. The standard InChI is InChI=1S/C12H9N5S2/c13-11(14)8-5-15-9-4-2-1-3-7(9)10(8)19-12-17-16-6-18-12/h1-6H,(H3,13,14). The summed E-state index contributed by atoms with van der Waals surface area (Å²) < 4.78 is 0.818. The second-order valence-electron chi connectivity index (χ2n) is 3.74. The van der Waals surface area contributed by atoms with Crippen LogP contribution in [-0.4, -0.2) is 21.0 Å². The normalized spacial score (nSPS) is 10.7. The number of nitrogens with two attached hydrogens (primary N) is 1. The fourth-order valence-electron chi connectivity index (χ4n) is 1.71. The fourth-order valence-corrected chi connectivity index (χ4v) is 3.38. The number of nitrogens with zero attached hydrogens (tertiary/aromatic N) is 3. The van der Waals surface area contributed by atoms with Crippen molar-refractivity contribution in [1.29, 1.82) is 5.41 Å². The van der Waals surface area contributed by atoms with Crippen LogP contribution in [-0.2, 0) is 0 Å². The van der Waals surface area contributed by atoms with Gasteiger partial charge in [0, 0.05) is 22.0 Å². The molecule has 19 heavy (non-hydrogen) atoms. The van der Waals surface area contributed by atoms with Crippen LogP contribution in [0.2, 0.25) is 0 Å². The van der Waals surface area contributed by atoms with E-state index >= 15 is 0 Å². The van der Waals surface area contributed by atoms with Crippen LogP contribution >= 0.6 is 23.1 Å². The molecule has 0 saturated heterocycles. The van der Waals surface area contributed by atoms with Crippen molar-refractivity contribution in [3.8, 4) is 0 Å². The van der Waals surface area contributed by atoms with Crippen molar-refractivity contribution >= 4 is 39.8 Å². The number of benzene rings is 1. The number of nitrogens with one attached hydrogen (secondary N) is 1. The van der Waals surface area contributed by atoms with Gasteiger partial charge < -0.3 is 5.73 Å². The minimum absolute atomic E-state index is 0.00488. The molecule has 0 aliphatic carbocycles. The molecule has 3 aromatic rings. The maximum Gasteiger partial charge on any atom is 0.178 e. The number of rotatable bonds is 3. The number of hydrogen-bond donors (Lipinski definition) is 2. The summed E-state index contributed by atoms with van der Waals surface area (Å²) in [5, 5.41) is 16.5. The zero-order valence-electron chi connectivity index (χ0n) is 9.70. The lowest BCUT2D eigenvalue weighted by Crippen LogP contribution is -2.13. The number of pyridine rings is 1. The Morgan fingerprint density at radius 2 is 2.16 bits per heavy atom. The van der Waals surface area contributed by atoms with Gasteiger partial charge in [-0.2, -0.15) is 0 Å². The smallest absolute Gasteiger partial charge is 0.178 e. The quantitative estimate of drug-likeness (QED) is 0.571. The summed E-state index contributed by atoms with van der Waals surface area (Å²) >= 11 is 2.92. The van der Waals surface area contributed by atoms with Crippen molar-refractivity contribution in [3.63, 3.8) is 0 Å². The number of hydrogen-bond acceptors (Lipinski definition) is 6. The van der Waals surface area contributed by atoms with Crippen molar-refractivity contribution in [3.05, 3.63) is 41.5 Å². The highest BCUT2D eigenvalue weighted by Crippen LogP contribution is 2.35. The van der Waals surface area contributed by atoms with E-state index in [1.807, 2.05) is 24.3 Å². The van der Waals surface area contributed by atoms with E-state index in [2.05, 4.69) is 15.2 Å². The minimum Gasteiger partial charge on any atom is -0.384 e. The molecule has 2 heterocycles. The molecule has 2 aromatic heterocycles. The second-order valence-corrected chi connectivity index (χ2v) is 5.83. The second kappa shape index (κ2) is 4.94. The van der Waals surface area contributed by atoms with Crippen molar-refractivity contribution < 1.29 is 0 Å². The largest absolute Gasteiger partial charge is 0.384 e. The average Bonchev–Trinajstić information content (AvgIpc) is 2.92. The summed E-state index contributed by atoms with van der Waals surface area (Å²) in [5.74, 6) is 0.00488. The van der Waals surface area contributed by atoms with Crippen LogP contribution < -0.4 is 5.73 Å². The van der Waals surface area contributed by atoms with Crippen molar-refractivity contribution in [2.45, 2.75) is 9.24 Å². The Hall–Kier alpha value is -1.99. The van der Waals surface area contributed by atoms with Crippen LogP contribution in [0, 0.1) is 5.41 Å². The summed E-state index contributed by atoms with van der Waals surface area (Å²) in [6, 6.07) is 7.78. The number of fused-ring (bicyclic) bond motifs is 1. The molecule has 5 nitrogen and oxygen atoms in total. The van der Waals surface area contributed by atoms with Gasteiger partial charge in [-0.1, -0.05) is 41.3 Å². The molecule has 0 saturated carbocycles. The van der Waals surface area contributed by atoms with Gasteiger partial charge in [0.25, 0.3) is 0 Å². The summed E-state index contributed by atoms with van der Waals surface area (Å²) in [6.07, 6.45) is 1.63. The molecule has 7 heteroatoms. The topological polar surface area (TPSA) is 88.5 Å². The van der Waals surface area contributed by atoms with Gasteiger partial charge in [-0.15, -0.1) is 10.2 Å². The molecule has 0 amide bonds. The number of nitrogen functional groups attached to an aromatic ring is 1. The van der Waals surface area contributed by atoms with E-state index in [4.69, 9.17) is 11.1 Å². The van der Waals surface area contributed by atoms with Gasteiger partial charge >= 0.3 is 0 Å². The van der Waals surface area contributed by atoms with Crippen LogP contribution in [0.3, 0.4) is 0 Å². The van der Waals surface area contributed by atoms with Crippen molar-refractivity contribution in [2.75, 3.05) is 0 Å². The summed E-state index contributed by atoms with van der Waals surface area (Å²) in [7, 11) is 0. The maximum absolute atomic E-state index is 7.67. The minimum atomic E-state index is 0.00488. The molecule has 3 rings (SSSR count). The van der Waals surface area contributed by atoms with E-state index in [0.29, 0.717) is 5.56 Å². The van der Waals surface area contributed by atoms with Gasteiger partial charge in [-0.05, 0) is 6.07 Å². The Bertz CT molecular complexity index is 739. The van der Waals surface area contributed by atoms with Crippen LogP contribution in [0.4, 0.5) is 0 Å². The first-order valence-corrected chi connectivity index (χ1v) is 7.11. The first-order valence-electron chi connectivity index (χ1n) is 5.42. The lowest BCUT2D eigenvalue weighted by atomic mass is 10.1. The molecule has 1 aromatic carbocycles. The third-order valence-electron chi connectivity index (χ3n) is 2.55. The SMILES string of the molecule is N=C(N)c1cnc2ccccc2c1Sc1nncs1. The molecule has 94 valence electrons. The lowest BCUT2D eigenvalue weighted by molar-refractivity contribution is 1.01. The third kappa shape index (κ3) is 2.29. The van der Waals surface area contributed by atoms with E-state index in [1.165, 1.54) is 23.1 Å². The van der Waals surface area contributed by atoms with Crippen molar-refractivity contribution in [2.24, 2.45) is 5.73 Å². The first-order chi connectivity index (χ1) is 9.25. The lowest BCUT2D eigenvalue weighted by Gasteiger charge is -2.09. The highest BCUT2D eigenvalue weighted by atomic mass is 32.2. The summed E-state index contributed by atoms with van der Waals surface area (Å²) in [5.41, 5.74) is 8.81. The molecule has 0 aliphatic heterocycles. The molecule has 0 atom stereocenters. The predicted octanol–water partition coefficient (Wildman–Crippen LogP) is 2.52. The van der Waals surface area contributed by atoms with E-state index in [9.17, 15) is 0 Å². The first kappa shape index (κ1) is 12.1. The molecular weight excluding hydrogens is 278 g/mol. The Labute approximate surface area is 117 Å². The molecule has 0 radical (unpaired) electrons. The zero-order valence-corrected chi connectivity index (χ0v) is 11.3. The van der Waals surface area contributed by atoms with E-state index in [-0.39, 0.29) is 5.84 Å². The number of para-hydroxylation sites is 1. The van der Waals surface area contributed by atoms with Gasteiger partial charge in [-0.3, -0.25) is 10.4 Å². The van der Waals surface area contributed by atoms with Gasteiger partial charge in [0.2, 0.25) is 0 Å². The van der Waals surface area contributed by atoms with Crippen LogP contribution in [0.1, 0.15) is 5.56 Å². The van der Waals surface area contributed by atoms with E-state index < -0.39 is 0 Å². The van der Waals surface area contributed by atoms with Crippen LogP contribution in [0.5, 0.6) is 0 Å². The van der Waals surface area contributed by atoms with Gasteiger partial charge in [0.05, 0.1) is 5.52 Å². The zero-order chi connectivity index (χ0) is 13.2. The van der Waals surface area contributed by atoms with Gasteiger partial charge in [0.1, 0.15) is 11.3 Å². The molecule has 0 fully saturated rings. The molecular formula is C12H9N5S2. The monoisotopic (exact) mass is 287 g/mol. The van der Waals surface area contributed by atoms with Crippen LogP contribution in [0.25, 0.3) is 10.9 Å². The van der Waals surface area contributed by atoms with E-state index in [0.717, 1.165) is 20.1 Å². The Morgan fingerprint density at radius 1 is 1.32 bits per heavy atom. The third-order valence-corrected chi connectivity index (χ3v) is 4.47. The predicted molar refractivity (Wildman–Crippen MR) is 76.8 cm³/mol. The highest BCUT2D eigenvalue weighted by Gasteiger charge is 2.13. The number of aromatic nitrogens is 3. The van der Waals surface area contributed by atoms with Crippen LogP contribution in [0.15, 0.2) is 45.2 Å². The number of amidine groups is 1. The Balaban J connectivity index is 2.22. The summed E-state index contributed by atoms with van der Waals surface area (Å²) in [6.45, 7) is 0. The van der Waals surface area contributed by atoms with Gasteiger partial charge in [0.15, 0.2) is 4.34 Å². The molecule has 0 spiro atoms. The Morgan fingerprint density at radius 3 is 2.89 bits per heavy atom. The van der Waals surface area contributed by atoms with Gasteiger partial charge in [-0.25, -0.2) is 0 Å². The van der Waals surface area contributed by atoms with E-state index in [1.54, 1.807) is 11.7 Å². The molecule has 3 N–H and O–H groups in total. The molecule has 0 aliphatic rings. The maximum atomic E-state index is 7.67. The fraction of sp³-hybridized carbons (Fsp3) is 0. The molecule has 0 unspecified atom stereocenters. The highest BCUT2D eigenvalue weighted by molar-refractivity contribution is 8.01.